The molecule has 1 aliphatic rings. The molecule has 2 rings (SSSR count). The lowest BCUT2D eigenvalue weighted by molar-refractivity contribution is 0.403. The van der Waals surface area contributed by atoms with Gasteiger partial charge in [-0.1, -0.05) is 18.5 Å². The second kappa shape index (κ2) is 5.07. The molecule has 1 saturated carbocycles. The Kier molecular flexibility index (Phi) is 3.84. The average Bonchev–Trinajstić information content (AvgIpc) is 3.13. The largest absolute Gasteiger partial charge is 0.399 e. The summed E-state index contributed by atoms with van der Waals surface area (Å²) < 4.78 is 26.7. The van der Waals surface area contributed by atoms with Gasteiger partial charge in [0.15, 0.2) is 0 Å². The Morgan fingerprint density at radius 1 is 1.44 bits per heavy atom. The van der Waals surface area contributed by atoms with Crippen LogP contribution in [0.5, 0.6) is 0 Å². The average molecular weight is 289 g/mol. The summed E-state index contributed by atoms with van der Waals surface area (Å²) in [6.07, 6.45) is 2.65. The van der Waals surface area contributed by atoms with Gasteiger partial charge < -0.3 is 5.73 Å². The van der Waals surface area contributed by atoms with Gasteiger partial charge in [0, 0.05) is 18.3 Å². The Morgan fingerprint density at radius 2 is 2.11 bits per heavy atom. The molecule has 6 heteroatoms. The summed E-state index contributed by atoms with van der Waals surface area (Å²) >= 11 is 5.99. The predicted octanol–water partition coefficient (Wildman–Crippen LogP) is 2.49. The molecule has 0 aliphatic heterocycles. The Balaban J connectivity index is 2.42. The van der Waals surface area contributed by atoms with Crippen molar-refractivity contribution in [3.05, 3.63) is 23.2 Å². The van der Waals surface area contributed by atoms with Gasteiger partial charge in [0.2, 0.25) is 10.0 Å². The summed E-state index contributed by atoms with van der Waals surface area (Å²) in [5, 5.41) is 0.228. The first kappa shape index (κ1) is 13.6. The van der Waals surface area contributed by atoms with Crippen LogP contribution in [0.15, 0.2) is 23.1 Å². The monoisotopic (exact) mass is 288 g/mol. The molecule has 0 bridgehead atoms. The van der Waals surface area contributed by atoms with Crippen LogP contribution < -0.4 is 5.73 Å². The van der Waals surface area contributed by atoms with Crippen molar-refractivity contribution in [1.29, 1.82) is 0 Å². The van der Waals surface area contributed by atoms with E-state index in [0.29, 0.717) is 12.2 Å². The van der Waals surface area contributed by atoms with E-state index in [4.69, 9.17) is 17.3 Å². The first-order chi connectivity index (χ1) is 8.46. The predicted molar refractivity (Wildman–Crippen MR) is 73.1 cm³/mol. The van der Waals surface area contributed by atoms with Crippen molar-refractivity contribution in [2.24, 2.45) is 0 Å². The van der Waals surface area contributed by atoms with Gasteiger partial charge in [-0.15, -0.1) is 0 Å². The summed E-state index contributed by atoms with van der Waals surface area (Å²) in [5.74, 6) is 0. The molecule has 0 saturated heterocycles. The van der Waals surface area contributed by atoms with Crippen LogP contribution in [0.2, 0.25) is 5.02 Å². The highest BCUT2D eigenvalue weighted by Gasteiger charge is 2.38. The number of anilines is 1. The van der Waals surface area contributed by atoms with Crippen LogP contribution in [0.1, 0.15) is 26.2 Å². The van der Waals surface area contributed by atoms with Gasteiger partial charge in [0.1, 0.15) is 4.90 Å². The molecule has 0 aromatic heterocycles. The van der Waals surface area contributed by atoms with Crippen LogP contribution in [-0.2, 0) is 10.0 Å². The topological polar surface area (TPSA) is 63.4 Å². The summed E-state index contributed by atoms with van der Waals surface area (Å²) in [7, 11) is -3.53. The number of rotatable bonds is 5. The molecule has 1 aromatic rings. The van der Waals surface area contributed by atoms with Gasteiger partial charge in [-0.25, -0.2) is 8.42 Å². The Hall–Kier alpha value is -0.780. The van der Waals surface area contributed by atoms with Crippen molar-refractivity contribution in [1.82, 2.24) is 4.31 Å². The highest BCUT2D eigenvalue weighted by Crippen LogP contribution is 2.34. The Morgan fingerprint density at radius 3 is 2.67 bits per heavy atom. The maximum Gasteiger partial charge on any atom is 0.244 e. The maximum atomic E-state index is 12.6. The van der Waals surface area contributed by atoms with Crippen LogP contribution in [-0.4, -0.2) is 25.3 Å². The highest BCUT2D eigenvalue weighted by molar-refractivity contribution is 7.89. The highest BCUT2D eigenvalue weighted by atomic mass is 35.5. The zero-order chi connectivity index (χ0) is 13.3. The molecule has 1 fully saturated rings. The molecule has 2 N–H and O–H groups in total. The van der Waals surface area contributed by atoms with Crippen molar-refractivity contribution in [3.8, 4) is 0 Å². The van der Waals surface area contributed by atoms with Crippen molar-refractivity contribution >= 4 is 27.3 Å². The van der Waals surface area contributed by atoms with E-state index < -0.39 is 10.0 Å². The van der Waals surface area contributed by atoms with E-state index in [-0.39, 0.29) is 16.0 Å². The standard InChI is InChI=1S/C12H17ClN2O2S/c1-2-7-15(10-4-5-10)18(16,17)12-8-9(14)3-6-11(12)13/h3,6,8,10H,2,4-5,7,14H2,1H3. The van der Waals surface area contributed by atoms with Crippen LogP contribution in [0.25, 0.3) is 0 Å². The minimum Gasteiger partial charge on any atom is -0.399 e. The molecule has 0 atom stereocenters. The van der Waals surface area contributed by atoms with Gasteiger partial charge in [-0.2, -0.15) is 4.31 Å². The van der Waals surface area contributed by atoms with Crippen molar-refractivity contribution in [2.75, 3.05) is 12.3 Å². The van der Waals surface area contributed by atoms with Gasteiger partial charge in [0.05, 0.1) is 5.02 Å². The lowest BCUT2D eigenvalue weighted by Crippen LogP contribution is -2.34. The number of hydrogen-bond acceptors (Lipinski definition) is 3. The van der Waals surface area contributed by atoms with Crippen LogP contribution in [0, 0.1) is 0 Å². The molecular formula is C12H17ClN2O2S. The smallest absolute Gasteiger partial charge is 0.244 e. The Labute approximate surface area is 113 Å². The second-order valence-electron chi connectivity index (χ2n) is 4.54. The first-order valence-electron chi connectivity index (χ1n) is 6.03. The third-order valence-corrected chi connectivity index (χ3v) is 5.37. The molecule has 100 valence electrons. The molecule has 1 aliphatic carbocycles. The van der Waals surface area contributed by atoms with E-state index in [0.717, 1.165) is 19.3 Å². The van der Waals surface area contributed by atoms with Gasteiger partial charge in [-0.05, 0) is 37.5 Å². The normalized spacial score (nSPS) is 16.2. The third kappa shape index (κ3) is 2.63. The molecular weight excluding hydrogens is 272 g/mol. The SMILES string of the molecule is CCCN(C1CC1)S(=O)(=O)c1cc(N)ccc1Cl. The summed E-state index contributed by atoms with van der Waals surface area (Å²) in [5.41, 5.74) is 6.06. The third-order valence-electron chi connectivity index (χ3n) is 2.94. The number of benzene rings is 1. The van der Waals surface area contributed by atoms with Gasteiger partial charge in [0.25, 0.3) is 0 Å². The van der Waals surface area contributed by atoms with E-state index in [1.807, 2.05) is 6.92 Å². The molecule has 1 aromatic carbocycles. The number of nitrogen functional groups attached to an aromatic ring is 1. The van der Waals surface area contributed by atoms with Gasteiger partial charge in [-0.3, -0.25) is 0 Å². The number of sulfonamides is 1. The van der Waals surface area contributed by atoms with E-state index >= 15 is 0 Å². The number of nitrogens with two attached hydrogens (primary N) is 1. The molecule has 0 unspecified atom stereocenters. The van der Waals surface area contributed by atoms with E-state index in [9.17, 15) is 8.42 Å². The van der Waals surface area contributed by atoms with Crippen molar-refractivity contribution in [3.63, 3.8) is 0 Å². The number of nitrogens with zero attached hydrogens (tertiary/aromatic N) is 1. The van der Waals surface area contributed by atoms with E-state index in [1.165, 1.54) is 12.1 Å². The summed E-state index contributed by atoms with van der Waals surface area (Å²) in [4.78, 5) is 0.115. The first-order valence-corrected chi connectivity index (χ1v) is 7.85. The number of halogens is 1. The van der Waals surface area contributed by atoms with E-state index in [1.54, 1.807) is 10.4 Å². The van der Waals surface area contributed by atoms with Crippen molar-refractivity contribution in [2.45, 2.75) is 37.1 Å². The van der Waals surface area contributed by atoms with Crippen molar-refractivity contribution < 1.29 is 8.42 Å². The fourth-order valence-corrected chi connectivity index (χ4v) is 4.21. The van der Waals surface area contributed by atoms with E-state index in [2.05, 4.69) is 0 Å². The second-order valence-corrected chi connectivity index (χ2v) is 6.80. The maximum absolute atomic E-state index is 12.6. The molecule has 0 amide bonds. The fraction of sp³-hybridized carbons (Fsp3) is 0.500. The number of hydrogen-bond donors (Lipinski definition) is 1. The van der Waals surface area contributed by atoms with Crippen LogP contribution >= 0.6 is 11.6 Å². The van der Waals surface area contributed by atoms with Crippen LogP contribution in [0.4, 0.5) is 5.69 Å². The Bertz CT molecular complexity index is 541. The minimum atomic E-state index is -3.53. The molecule has 18 heavy (non-hydrogen) atoms. The molecule has 0 radical (unpaired) electrons. The summed E-state index contributed by atoms with van der Waals surface area (Å²) in [6.45, 7) is 2.49. The lowest BCUT2D eigenvalue weighted by Gasteiger charge is -2.22. The zero-order valence-corrected chi connectivity index (χ0v) is 11.8. The fourth-order valence-electron chi connectivity index (χ4n) is 1.93. The minimum absolute atomic E-state index is 0.115. The zero-order valence-electron chi connectivity index (χ0n) is 10.3. The van der Waals surface area contributed by atoms with Gasteiger partial charge >= 0.3 is 0 Å². The molecule has 0 spiro atoms. The lowest BCUT2D eigenvalue weighted by atomic mass is 10.3. The molecule has 0 heterocycles. The summed E-state index contributed by atoms with van der Waals surface area (Å²) in [6, 6.07) is 4.69. The van der Waals surface area contributed by atoms with Crippen LogP contribution in [0.3, 0.4) is 0 Å². The quantitative estimate of drug-likeness (QED) is 0.847. The molecule has 4 nitrogen and oxygen atoms in total.